The topological polar surface area (TPSA) is 46.5 Å². The molecule has 2 unspecified atom stereocenters. The van der Waals surface area contributed by atoms with Gasteiger partial charge < -0.3 is 9.84 Å². The lowest BCUT2D eigenvalue weighted by molar-refractivity contribution is -0.149. The van der Waals surface area contributed by atoms with Crippen molar-refractivity contribution in [3.05, 3.63) is 29.3 Å². The number of carboxylic acid groups (broad SMARTS) is 1. The molecule has 0 bridgehead atoms. The molecule has 1 aliphatic heterocycles. The first-order valence-corrected chi connectivity index (χ1v) is 7.57. The Kier molecular flexibility index (Phi) is 3.45. The zero-order valence-corrected chi connectivity index (χ0v) is 12.0. The molecular weight excluding hydrogens is 252 g/mol. The molecule has 1 saturated carbocycles. The Labute approximate surface area is 120 Å². The van der Waals surface area contributed by atoms with Gasteiger partial charge in [0.2, 0.25) is 0 Å². The van der Waals surface area contributed by atoms with Gasteiger partial charge in [-0.25, -0.2) is 0 Å². The number of hydrogen-bond acceptors (Lipinski definition) is 2. The van der Waals surface area contributed by atoms with Gasteiger partial charge in [0.1, 0.15) is 5.75 Å². The molecule has 3 rings (SSSR count). The van der Waals surface area contributed by atoms with E-state index in [0.29, 0.717) is 5.92 Å². The molecule has 1 N–H and O–H groups in total. The normalized spacial score (nSPS) is 28.1. The Morgan fingerprint density at radius 3 is 3.05 bits per heavy atom. The van der Waals surface area contributed by atoms with E-state index in [-0.39, 0.29) is 0 Å². The van der Waals surface area contributed by atoms with Gasteiger partial charge in [-0.1, -0.05) is 19.1 Å². The number of benzene rings is 1. The highest BCUT2D eigenvalue weighted by atomic mass is 16.5. The first-order chi connectivity index (χ1) is 9.59. The van der Waals surface area contributed by atoms with Crippen molar-refractivity contribution in [3.63, 3.8) is 0 Å². The van der Waals surface area contributed by atoms with Crippen LogP contribution in [0.15, 0.2) is 18.2 Å². The quantitative estimate of drug-likeness (QED) is 0.914. The monoisotopic (exact) mass is 274 g/mol. The van der Waals surface area contributed by atoms with E-state index in [1.54, 1.807) is 0 Å². The van der Waals surface area contributed by atoms with Crippen LogP contribution in [0.2, 0.25) is 0 Å². The molecule has 3 heteroatoms. The summed E-state index contributed by atoms with van der Waals surface area (Å²) in [7, 11) is 0. The maximum atomic E-state index is 11.7. The Morgan fingerprint density at radius 1 is 1.50 bits per heavy atom. The molecule has 0 saturated heterocycles. The van der Waals surface area contributed by atoms with Crippen LogP contribution in [-0.2, 0) is 17.6 Å². The zero-order valence-electron chi connectivity index (χ0n) is 12.0. The summed E-state index contributed by atoms with van der Waals surface area (Å²) in [5.74, 6) is 0.932. The molecule has 1 heterocycles. The van der Waals surface area contributed by atoms with Crippen LogP contribution < -0.4 is 4.74 Å². The van der Waals surface area contributed by atoms with E-state index in [4.69, 9.17) is 4.74 Å². The number of aryl methyl sites for hydroxylation is 1. The molecule has 1 fully saturated rings. The van der Waals surface area contributed by atoms with Gasteiger partial charge in [-0.2, -0.15) is 0 Å². The van der Waals surface area contributed by atoms with Crippen LogP contribution in [-0.4, -0.2) is 17.7 Å². The minimum atomic E-state index is -0.605. The van der Waals surface area contributed by atoms with Gasteiger partial charge in [-0.05, 0) is 55.2 Å². The summed E-state index contributed by atoms with van der Waals surface area (Å²) in [6.45, 7) is 2.94. The van der Waals surface area contributed by atoms with Crippen LogP contribution in [0.5, 0.6) is 5.75 Å². The van der Waals surface area contributed by atoms with Crippen molar-refractivity contribution < 1.29 is 14.6 Å². The fraction of sp³-hybridized carbons (Fsp3) is 0.588. The molecule has 108 valence electrons. The van der Waals surface area contributed by atoms with Crippen LogP contribution in [0.4, 0.5) is 0 Å². The van der Waals surface area contributed by atoms with Gasteiger partial charge in [0.25, 0.3) is 0 Å². The third-order valence-electron chi connectivity index (χ3n) is 4.95. The van der Waals surface area contributed by atoms with Crippen LogP contribution in [0.25, 0.3) is 0 Å². The van der Waals surface area contributed by atoms with Gasteiger partial charge >= 0.3 is 5.97 Å². The Morgan fingerprint density at radius 2 is 2.35 bits per heavy atom. The summed E-state index contributed by atoms with van der Waals surface area (Å²) in [4.78, 5) is 11.7. The summed E-state index contributed by atoms with van der Waals surface area (Å²) in [5, 5.41) is 9.59. The van der Waals surface area contributed by atoms with Crippen molar-refractivity contribution in [1.82, 2.24) is 0 Å². The third kappa shape index (κ3) is 2.41. The fourth-order valence-electron chi connectivity index (χ4n) is 3.70. The average Bonchev–Trinajstić information content (AvgIpc) is 3.03. The van der Waals surface area contributed by atoms with Crippen molar-refractivity contribution in [2.75, 3.05) is 6.61 Å². The Hall–Kier alpha value is -1.51. The van der Waals surface area contributed by atoms with Crippen molar-refractivity contribution in [3.8, 4) is 5.75 Å². The highest BCUT2D eigenvalue weighted by Gasteiger charge is 2.43. The largest absolute Gasteiger partial charge is 0.493 e. The SMILES string of the molecule is CC1CCC(CCc2ccc3c(c2)CCO3)(C(=O)O)C1. The molecule has 0 spiro atoms. The van der Waals surface area contributed by atoms with Crippen LogP contribution in [0.3, 0.4) is 0 Å². The molecule has 0 aromatic heterocycles. The molecule has 0 radical (unpaired) electrons. The Bertz CT molecular complexity index is 523. The van der Waals surface area contributed by atoms with Gasteiger partial charge in [-0.15, -0.1) is 0 Å². The molecule has 1 aromatic carbocycles. The lowest BCUT2D eigenvalue weighted by Gasteiger charge is -2.24. The minimum Gasteiger partial charge on any atom is -0.493 e. The number of ether oxygens (including phenoxy) is 1. The van der Waals surface area contributed by atoms with Gasteiger partial charge in [0.05, 0.1) is 12.0 Å². The van der Waals surface area contributed by atoms with Crippen LogP contribution in [0.1, 0.15) is 43.7 Å². The van der Waals surface area contributed by atoms with E-state index < -0.39 is 11.4 Å². The molecule has 2 aliphatic rings. The molecular formula is C17H22O3. The first-order valence-electron chi connectivity index (χ1n) is 7.57. The van der Waals surface area contributed by atoms with Gasteiger partial charge in [0, 0.05) is 6.42 Å². The molecule has 20 heavy (non-hydrogen) atoms. The highest BCUT2D eigenvalue weighted by Crippen LogP contribution is 2.45. The molecule has 1 aromatic rings. The fourth-order valence-corrected chi connectivity index (χ4v) is 3.70. The first kappa shape index (κ1) is 13.5. The standard InChI is InChI=1S/C17H22O3/c1-12-4-7-17(11-12,16(18)19)8-5-13-2-3-15-14(10-13)6-9-20-15/h2-3,10,12H,4-9,11H2,1H3,(H,18,19). The predicted octanol–water partition coefficient (Wildman–Crippen LogP) is 3.45. The van der Waals surface area contributed by atoms with Crippen molar-refractivity contribution in [2.45, 2.75) is 45.4 Å². The highest BCUT2D eigenvalue weighted by molar-refractivity contribution is 5.75. The summed E-state index contributed by atoms with van der Waals surface area (Å²) >= 11 is 0. The molecule has 2 atom stereocenters. The van der Waals surface area contributed by atoms with Crippen molar-refractivity contribution in [1.29, 1.82) is 0 Å². The van der Waals surface area contributed by atoms with E-state index in [2.05, 4.69) is 19.1 Å². The number of rotatable bonds is 4. The van der Waals surface area contributed by atoms with E-state index in [9.17, 15) is 9.90 Å². The lowest BCUT2D eigenvalue weighted by Crippen LogP contribution is -2.28. The summed E-state index contributed by atoms with van der Waals surface area (Å²) < 4.78 is 5.51. The summed E-state index contributed by atoms with van der Waals surface area (Å²) in [6, 6.07) is 6.30. The van der Waals surface area contributed by atoms with Gasteiger partial charge in [0.15, 0.2) is 0 Å². The number of aliphatic carboxylic acids is 1. The third-order valence-corrected chi connectivity index (χ3v) is 4.95. The lowest BCUT2D eigenvalue weighted by atomic mass is 9.80. The van der Waals surface area contributed by atoms with E-state index >= 15 is 0 Å². The maximum Gasteiger partial charge on any atom is 0.309 e. The van der Waals surface area contributed by atoms with E-state index in [0.717, 1.165) is 50.9 Å². The Balaban J connectivity index is 1.70. The summed E-state index contributed by atoms with van der Waals surface area (Å²) in [6.07, 6.45) is 5.29. The molecule has 3 nitrogen and oxygen atoms in total. The van der Waals surface area contributed by atoms with Gasteiger partial charge in [-0.3, -0.25) is 4.79 Å². The maximum absolute atomic E-state index is 11.7. The zero-order chi connectivity index (χ0) is 14.2. The van der Waals surface area contributed by atoms with Crippen LogP contribution >= 0.6 is 0 Å². The summed E-state index contributed by atoms with van der Waals surface area (Å²) in [5.41, 5.74) is 2.02. The van der Waals surface area contributed by atoms with E-state index in [1.807, 2.05) is 6.07 Å². The van der Waals surface area contributed by atoms with Crippen LogP contribution in [0, 0.1) is 11.3 Å². The average molecular weight is 274 g/mol. The number of carbonyl (C=O) groups is 1. The second-order valence-electron chi connectivity index (χ2n) is 6.47. The smallest absolute Gasteiger partial charge is 0.309 e. The molecule has 0 amide bonds. The molecule has 1 aliphatic carbocycles. The number of carboxylic acids is 1. The number of hydrogen-bond donors (Lipinski definition) is 1. The van der Waals surface area contributed by atoms with Crippen molar-refractivity contribution in [2.24, 2.45) is 11.3 Å². The second-order valence-corrected chi connectivity index (χ2v) is 6.47. The van der Waals surface area contributed by atoms with E-state index in [1.165, 1.54) is 11.1 Å². The predicted molar refractivity (Wildman–Crippen MR) is 77.0 cm³/mol. The second kappa shape index (κ2) is 5.12. The van der Waals surface area contributed by atoms with Crippen molar-refractivity contribution >= 4 is 5.97 Å². The number of fused-ring (bicyclic) bond motifs is 1. The minimum absolute atomic E-state index is 0.491.